The number of rotatable bonds is 4. The maximum Gasteiger partial charge on any atom is 0.170 e. The van der Waals surface area contributed by atoms with E-state index in [1.165, 1.54) is 12.8 Å². The molecule has 1 aliphatic rings. The fraction of sp³-hybridized carbons (Fsp3) is 0.400. The molecule has 0 saturated heterocycles. The highest BCUT2D eigenvalue weighted by Gasteiger charge is 2.29. The van der Waals surface area contributed by atoms with Crippen LogP contribution in [0.4, 0.5) is 5.82 Å². The number of aryl methyl sites for hydroxylation is 1. The Hall–Kier alpha value is -2.17. The fourth-order valence-corrected chi connectivity index (χ4v) is 2.63. The smallest absolute Gasteiger partial charge is 0.170 e. The zero-order valence-electron chi connectivity index (χ0n) is 12.0. The molecule has 0 spiro atoms. The number of hydrogen-bond donors (Lipinski definition) is 1. The Balaban J connectivity index is 2.16. The summed E-state index contributed by atoms with van der Waals surface area (Å²) in [6, 6.07) is 6.24. The van der Waals surface area contributed by atoms with Crippen LogP contribution < -0.4 is 15.2 Å². The lowest BCUT2D eigenvalue weighted by Gasteiger charge is -2.12. The van der Waals surface area contributed by atoms with Crippen molar-refractivity contribution in [3.8, 4) is 22.8 Å². The molecule has 0 unspecified atom stereocenters. The van der Waals surface area contributed by atoms with Crippen molar-refractivity contribution in [2.45, 2.75) is 25.8 Å². The van der Waals surface area contributed by atoms with Crippen molar-refractivity contribution >= 4 is 5.82 Å². The Morgan fingerprint density at radius 3 is 2.60 bits per heavy atom. The fourth-order valence-electron chi connectivity index (χ4n) is 2.63. The first-order chi connectivity index (χ1) is 9.67. The topological polar surface area (TPSA) is 62.3 Å². The molecule has 1 saturated carbocycles. The highest BCUT2D eigenvalue weighted by atomic mass is 16.5. The summed E-state index contributed by atoms with van der Waals surface area (Å²) in [7, 11) is 3.25. The number of anilines is 1. The number of ether oxygens (including phenoxy) is 2. The minimum Gasteiger partial charge on any atom is -0.493 e. The summed E-state index contributed by atoms with van der Waals surface area (Å²) in [4.78, 5) is 4.63. The summed E-state index contributed by atoms with van der Waals surface area (Å²) >= 11 is 0. The highest BCUT2D eigenvalue weighted by Crippen LogP contribution is 2.44. The van der Waals surface area contributed by atoms with E-state index >= 15 is 0 Å². The van der Waals surface area contributed by atoms with Crippen molar-refractivity contribution in [1.82, 2.24) is 9.55 Å². The average molecular weight is 273 g/mol. The van der Waals surface area contributed by atoms with Crippen LogP contribution in [0.1, 0.15) is 24.7 Å². The second-order valence-electron chi connectivity index (χ2n) is 5.04. The van der Waals surface area contributed by atoms with Crippen molar-refractivity contribution in [1.29, 1.82) is 0 Å². The molecule has 1 aromatic carbocycles. The third kappa shape index (κ3) is 1.90. The first-order valence-corrected chi connectivity index (χ1v) is 6.73. The maximum atomic E-state index is 6.30. The van der Waals surface area contributed by atoms with Gasteiger partial charge in [-0.25, -0.2) is 4.98 Å². The molecule has 2 aromatic rings. The van der Waals surface area contributed by atoms with E-state index in [4.69, 9.17) is 15.2 Å². The minimum absolute atomic E-state index is 0.507. The van der Waals surface area contributed by atoms with Crippen molar-refractivity contribution in [2.75, 3.05) is 20.0 Å². The van der Waals surface area contributed by atoms with E-state index in [0.717, 1.165) is 17.1 Å². The normalized spacial score (nSPS) is 14.3. The number of imidazole rings is 1. The van der Waals surface area contributed by atoms with Crippen LogP contribution in [-0.4, -0.2) is 23.8 Å². The Kier molecular flexibility index (Phi) is 3.04. The quantitative estimate of drug-likeness (QED) is 0.930. The van der Waals surface area contributed by atoms with Gasteiger partial charge in [0.25, 0.3) is 0 Å². The molecular formula is C15H19N3O2. The predicted molar refractivity (Wildman–Crippen MR) is 78.2 cm³/mol. The molecule has 1 aliphatic carbocycles. The number of methoxy groups -OCH3 is 2. The first kappa shape index (κ1) is 12.8. The number of para-hydroxylation sites is 1. The van der Waals surface area contributed by atoms with Crippen LogP contribution in [0.3, 0.4) is 0 Å². The Morgan fingerprint density at radius 2 is 2.00 bits per heavy atom. The predicted octanol–water partition coefficient (Wildman–Crippen LogP) is 2.79. The molecular weight excluding hydrogens is 254 g/mol. The molecule has 20 heavy (non-hydrogen) atoms. The Morgan fingerprint density at radius 1 is 1.25 bits per heavy atom. The molecule has 0 bridgehead atoms. The molecule has 1 aromatic heterocycles. The van der Waals surface area contributed by atoms with Crippen LogP contribution in [0.25, 0.3) is 11.3 Å². The molecule has 1 fully saturated rings. The van der Waals surface area contributed by atoms with Gasteiger partial charge in [0.15, 0.2) is 11.5 Å². The van der Waals surface area contributed by atoms with Gasteiger partial charge in [-0.1, -0.05) is 6.07 Å². The summed E-state index contributed by atoms with van der Waals surface area (Å²) in [6.45, 7) is 1.99. The van der Waals surface area contributed by atoms with Crippen LogP contribution in [0.5, 0.6) is 11.5 Å². The standard InChI is InChI=1S/C15H19N3O2/c1-9-17-13(15(16)18(9)10-7-8-10)11-5-4-6-12(19-2)14(11)20-3/h4-6,10H,7-8,16H2,1-3H3. The third-order valence-electron chi connectivity index (χ3n) is 3.69. The molecule has 3 rings (SSSR count). The van der Waals surface area contributed by atoms with E-state index in [0.29, 0.717) is 23.4 Å². The number of nitrogen functional groups attached to an aromatic ring is 1. The van der Waals surface area contributed by atoms with Crippen LogP contribution in [-0.2, 0) is 0 Å². The zero-order valence-corrected chi connectivity index (χ0v) is 12.0. The van der Waals surface area contributed by atoms with Crippen molar-refractivity contribution in [2.24, 2.45) is 0 Å². The van der Waals surface area contributed by atoms with Crippen LogP contribution in [0, 0.1) is 6.92 Å². The van der Waals surface area contributed by atoms with Gasteiger partial charge in [0.2, 0.25) is 0 Å². The van der Waals surface area contributed by atoms with E-state index in [9.17, 15) is 0 Å². The molecule has 5 heteroatoms. The van der Waals surface area contributed by atoms with Crippen molar-refractivity contribution in [3.63, 3.8) is 0 Å². The van der Waals surface area contributed by atoms with E-state index in [1.54, 1.807) is 14.2 Å². The molecule has 0 radical (unpaired) electrons. The van der Waals surface area contributed by atoms with Crippen molar-refractivity contribution < 1.29 is 9.47 Å². The van der Waals surface area contributed by atoms with Gasteiger partial charge < -0.3 is 19.8 Å². The van der Waals surface area contributed by atoms with Crippen molar-refractivity contribution in [3.05, 3.63) is 24.0 Å². The summed E-state index contributed by atoms with van der Waals surface area (Å²) in [6.07, 6.45) is 2.35. The van der Waals surface area contributed by atoms with E-state index in [2.05, 4.69) is 9.55 Å². The highest BCUT2D eigenvalue weighted by molar-refractivity contribution is 5.78. The number of aromatic nitrogens is 2. The monoisotopic (exact) mass is 273 g/mol. The molecule has 1 heterocycles. The van der Waals surface area contributed by atoms with Gasteiger partial charge in [0.05, 0.1) is 14.2 Å². The van der Waals surface area contributed by atoms with Gasteiger partial charge in [0.1, 0.15) is 17.3 Å². The number of hydrogen-bond acceptors (Lipinski definition) is 4. The van der Waals surface area contributed by atoms with E-state index < -0.39 is 0 Å². The second-order valence-corrected chi connectivity index (χ2v) is 5.04. The zero-order chi connectivity index (χ0) is 14.3. The number of nitrogens with zero attached hydrogens (tertiary/aromatic N) is 2. The minimum atomic E-state index is 0.507. The van der Waals surface area contributed by atoms with Gasteiger partial charge in [-0.2, -0.15) is 0 Å². The lowest BCUT2D eigenvalue weighted by molar-refractivity contribution is 0.356. The number of nitrogens with two attached hydrogens (primary N) is 1. The summed E-state index contributed by atoms with van der Waals surface area (Å²) in [5.74, 6) is 3.01. The lowest BCUT2D eigenvalue weighted by Crippen LogP contribution is -2.02. The first-order valence-electron chi connectivity index (χ1n) is 6.73. The molecule has 0 atom stereocenters. The van der Waals surface area contributed by atoms with Crippen LogP contribution >= 0.6 is 0 Å². The Bertz CT molecular complexity index is 645. The summed E-state index contributed by atoms with van der Waals surface area (Å²) < 4.78 is 12.9. The largest absolute Gasteiger partial charge is 0.493 e. The second kappa shape index (κ2) is 4.74. The molecule has 0 amide bonds. The molecule has 2 N–H and O–H groups in total. The van der Waals surface area contributed by atoms with Crippen LogP contribution in [0.2, 0.25) is 0 Å². The van der Waals surface area contributed by atoms with Crippen LogP contribution in [0.15, 0.2) is 18.2 Å². The van der Waals surface area contributed by atoms with Gasteiger partial charge in [-0.3, -0.25) is 0 Å². The average Bonchev–Trinajstić information content (AvgIpc) is 3.24. The Labute approximate surface area is 118 Å². The lowest BCUT2D eigenvalue weighted by atomic mass is 10.1. The van der Waals surface area contributed by atoms with E-state index in [-0.39, 0.29) is 0 Å². The van der Waals surface area contributed by atoms with Gasteiger partial charge >= 0.3 is 0 Å². The maximum absolute atomic E-state index is 6.30. The van der Waals surface area contributed by atoms with E-state index in [1.807, 2.05) is 25.1 Å². The summed E-state index contributed by atoms with van der Waals surface area (Å²) in [5.41, 5.74) is 7.93. The molecule has 0 aliphatic heterocycles. The molecule has 106 valence electrons. The third-order valence-corrected chi connectivity index (χ3v) is 3.69. The van der Waals surface area contributed by atoms with Gasteiger partial charge in [-0.05, 0) is 31.9 Å². The molecule has 5 nitrogen and oxygen atoms in total. The SMILES string of the molecule is COc1cccc(-c2nc(C)n(C3CC3)c2N)c1OC. The van der Waals surface area contributed by atoms with Gasteiger partial charge in [0, 0.05) is 11.6 Å². The number of benzene rings is 1. The summed E-state index contributed by atoms with van der Waals surface area (Å²) in [5, 5.41) is 0. The van der Waals surface area contributed by atoms with Gasteiger partial charge in [-0.15, -0.1) is 0 Å².